The van der Waals surface area contributed by atoms with Gasteiger partial charge in [-0.1, -0.05) is 19.1 Å². The molecule has 0 aliphatic heterocycles. The van der Waals surface area contributed by atoms with Crippen molar-refractivity contribution in [3.8, 4) is 17.1 Å². The molecular formula is C10H12N4O. The summed E-state index contributed by atoms with van der Waals surface area (Å²) in [5.74, 6) is 1.44. The molecule has 1 heterocycles. The number of hydrogen-bond donors (Lipinski definition) is 1. The minimum absolute atomic E-state index is 0.580. The summed E-state index contributed by atoms with van der Waals surface area (Å²) in [4.78, 5) is 0. The van der Waals surface area contributed by atoms with Crippen LogP contribution in [0, 0.1) is 0 Å². The van der Waals surface area contributed by atoms with Gasteiger partial charge >= 0.3 is 0 Å². The van der Waals surface area contributed by atoms with Gasteiger partial charge in [-0.15, -0.1) is 10.2 Å². The molecule has 0 bridgehead atoms. The smallest absolute Gasteiger partial charge is 0.204 e. The molecule has 0 spiro atoms. The summed E-state index contributed by atoms with van der Waals surface area (Å²) in [6.45, 7) is 2.09. The second-order valence-corrected chi connectivity index (χ2v) is 3.12. The van der Waals surface area contributed by atoms with Crippen LogP contribution >= 0.6 is 0 Å². The molecule has 1 N–H and O–H groups in total. The Kier molecular flexibility index (Phi) is 2.62. The lowest BCUT2D eigenvalue weighted by Gasteiger charge is -2.07. The van der Waals surface area contributed by atoms with Gasteiger partial charge in [-0.3, -0.25) is 0 Å². The van der Waals surface area contributed by atoms with Crippen LogP contribution in [0.2, 0.25) is 0 Å². The highest BCUT2D eigenvalue weighted by Gasteiger charge is 2.07. The van der Waals surface area contributed by atoms with E-state index in [4.69, 9.17) is 4.74 Å². The number of hydrogen-bond acceptors (Lipinski definition) is 4. The molecule has 1 aromatic heterocycles. The Morgan fingerprint density at radius 1 is 1.40 bits per heavy atom. The fourth-order valence-corrected chi connectivity index (χ4v) is 1.46. The average Bonchev–Trinajstić information content (AvgIpc) is 2.81. The average molecular weight is 204 g/mol. The molecule has 0 atom stereocenters. The fraction of sp³-hybridized carbons (Fsp3) is 0.300. The minimum atomic E-state index is 0.580. The van der Waals surface area contributed by atoms with Gasteiger partial charge in [-0.05, 0) is 23.3 Å². The van der Waals surface area contributed by atoms with E-state index in [1.165, 1.54) is 5.56 Å². The molecule has 0 unspecified atom stereocenters. The summed E-state index contributed by atoms with van der Waals surface area (Å²) in [6.07, 6.45) is 0.940. The Morgan fingerprint density at radius 2 is 2.27 bits per heavy atom. The Morgan fingerprint density at radius 3 is 2.87 bits per heavy atom. The monoisotopic (exact) mass is 204 g/mol. The van der Waals surface area contributed by atoms with E-state index in [-0.39, 0.29) is 0 Å². The summed E-state index contributed by atoms with van der Waals surface area (Å²) in [5, 5.41) is 13.8. The molecule has 0 saturated heterocycles. The van der Waals surface area contributed by atoms with Crippen molar-refractivity contribution in [1.29, 1.82) is 0 Å². The second-order valence-electron chi connectivity index (χ2n) is 3.12. The van der Waals surface area contributed by atoms with Crippen molar-refractivity contribution in [2.75, 3.05) is 7.11 Å². The highest BCUT2D eigenvalue weighted by atomic mass is 16.5. The highest BCUT2D eigenvalue weighted by molar-refractivity contribution is 5.58. The number of nitrogens with one attached hydrogen (secondary N) is 1. The molecule has 2 rings (SSSR count). The topological polar surface area (TPSA) is 63.7 Å². The molecule has 0 aliphatic rings. The molecular weight excluding hydrogens is 192 g/mol. The maximum atomic E-state index is 5.29. The zero-order valence-corrected chi connectivity index (χ0v) is 8.69. The van der Waals surface area contributed by atoms with Gasteiger partial charge in [0.25, 0.3) is 0 Å². The SMILES string of the molecule is CCc1ccc(-c2nn[nH]n2)cc1OC. The standard InChI is InChI=1S/C10H12N4O/c1-3-7-4-5-8(6-9(7)15-2)10-11-13-14-12-10/h4-6H,3H2,1-2H3,(H,11,12,13,14). The lowest BCUT2D eigenvalue weighted by Crippen LogP contribution is -1.91. The number of nitrogens with zero attached hydrogens (tertiary/aromatic N) is 3. The van der Waals surface area contributed by atoms with Crippen LogP contribution in [0.25, 0.3) is 11.4 Å². The molecule has 15 heavy (non-hydrogen) atoms. The van der Waals surface area contributed by atoms with E-state index >= 15 is 0 Å². The van der Waals surface area contributed by atoms with Crippen molar-refractivity contribution in [1.82, 2.24) is 20.6 Å². The van der Waals surface area contributed by atoms with Gasteiger partial charge < -0.3 is 4.74 Å². The molecule has 0 fully saturated rings. The van der Waals surface area contributed by atoms with Crippen LogP contribution in [0.1, 0.15) is 12.5 Å². The van der Waals surface area contributed by atoms with Gasteiger partial charge in [0.1, 0.15) is 5.75 Å². The van der Waals surface area contributed by atoms with E-state index in [2.05, 4.69) is 27.5 Å². The van der Waals surface area contributed by atoms with Crippen molar-refractivity contribution < 1.29 is 4.74 Å². The van der Waals surface area contributed by atoms with Crippen molar-refractivity contribution in [2.45, 2.75) is 13.3 Å². The maximum absolute atomic E-state index is 5.29. The largest absolute Gasteiger partial charge is 0.496 e. The van der Waals surface area contributed by atoms with Gasteiger partial charge in [-0.25, -0.2) is 0 Å². The van der Waals surface area contributed by atoms with Gasteiger partial charge in [0.05, 0.1) is 7.11 Å². The molecule has 5 nitrogen and oxygen atoms in total. The zero-order valence-electron chi connectivity index (χ0n) is 8.69. The fourth-order valence-electron chi connectivity index (χ4n) is 1.46. The zero-order chi connectivity index (χ0) is 10.7. The van der Waals surface area contributed by atoms with Crippen molar-refractivity contribution in [2.24, 2.45) is 0 Å². The number of methoxy groups -OCH3 is 1. The van der Waals surface area contributed by atoms with Crippen LogP contribution in [0.3, 0.4) is 0 Å². The van der Waals surface area contributed by atoms with E-state index < -0.39 is 0 Å². The van der Waals surface area contributed by atoms with Crippen LogP contribution in [0.4, 0.5) is 0 Å². The van der Waals surface area contributed by atoms with Crippen LogP contribution in [-0.2, 0) is 6.42 Å². The molecule has 5 heteroatoms. The van der Waals surface area contributed by atoms with E-state index in [1.807, 2.05) is 18.2 Å². The first-order chi connectivity index (χ1) is 7.35. The third-order valence-corrected chi connectivity index (χ3v) is 2.27. The summed E-state index contributed by atoms with van der Waals surface area (Å²) in [5.41, 5.74) is 2.07. The number of aromatic amines is 1. The van der Waals surface area contributed by atoms with Crippen LogP contribution in [0.5, 0.6) is 5.75 Å². The predicted molar refractivity (Wildman–Crippen MR) is 55.5 cm³/mol. The number of tetrazole rings is 1. The first kappa shape index (κ1) is 9.64. The highest BCUT2D eigenvalue weighted by Crippen LogP contribution is 2.24. The van der Waals surface area contributed by atoms with E-state index in [0.29, 0.717) is 5.82 Å². The van der Waals surface area contributed by atoms with Crippen LogP contribution < -0.4 is 4.74 Å². The van der Waals surface area contributed by atoms with Gasteiger partial charge in [-0.2, -0.15) is 5.21 Å². The minimum Gasteiger partial charge on any atom is -0.496 e. The third kappa shape index (κ3) is 1.81. The summed E-state index contributed by atoms with van der Waals surface area (Å²) in [6, 6.07) is 5.90. The first-order valence-electron chi connectivity index (χ1n) is 4.76. The Hall–Kier alpha value is -1.91. The van der Waals surface area contributed by atoms with Gasteiger partial charge in [0.2, 0.25) is 5.82 Å². The second kappa shape index (κ2) is 4.08. The molecule has 78 valence electrons. The normalized spacial score (nSPS) is 10.3. The number of aryl methyl sites for hydroxylation is 1. The molecule has 0 amide bonds. The van der Waals surface area contributed by atoms with E-state index in [0.717, 1.165) is 17.7 Å². The quantitative estimate of drug-likeness (QED) is 0.821. The number of benzene rings is 1. The lowest BCUT2D eigenvalue weighted by atomic mass is 10.1. The molecule has 1 aromatic carbocycles. The number of H-pyrrole nitrogens is 1. The summed E-state index contributed by atoms with van der Waals surface area (Å²) >= 11 is 0. The number of ether oxygens (including phenoxy) is 1. The van der Waals surface area contributed by atoms with Crippen molar-refractivity contribution >= 4 is 0 Å². The van der Waals surface area contributed by atoms with Gasteiger partial charge in [0, 0.05) is 5.56 Å². The molecule has 2 aromatic rings. The molecule has 0 saturated carbocycles. The number of rotatable bonds is 3. The van der Waals surface area contributed by atoms with E-state index in [1.54, 1.807) is 7.11 Å². The maximum Gasteiger partial charge on any atom is 0.204 e. The predicted octanol–water partition coefficient (Wildman–Crippen LogP) is 1.44. The van der Waals surface area contributed by atoms with Crippen LogP contribution in [0.15, 0.2) is 18.2 Å². The number of aromatic nitrogens is 4. The van der Waals surface area contributed by atoms with E-state index in [9.17, 15) is 0 Å². The lowest BCUT2D eigenvalue weighted by molar-refractivity contribution is 0.410. The third-order valence-electron chi connectivity index (χ3n) is 2.27. The van der Waals surface area contributed by atoms with Crippen molar-refractivity contribution in [3.05, 3.63) is 23.8 Å². The summed E-state index contributed by atoms with van der Waals surface area (Å²) in [7, 11) is 1.66. The molecule has 0 radical (unpaired) electrons. The Balaban J connectivity index is 2.43. The Labute approximate surface area is 87.5 Å². The Bertz CT molecular complexity index is 439. The molecule has 0 aliphatic carbocycles. The van der Waals surface area contributed by atoms with Gasteiger partial charge in [0.15, 0.2) is 0 Å². The van der Waals surface area contributed by atoms with Crippen LogP contribution in [-0.4, -0.2) is 27.7 Å². The van der Waals surface area contributed by atoms with Crippen molar-refractivity contribution in [3.63, 3.8) is 0 Å². The summed E-state index contributed by atoms with van der Waals surface area (Å²) < 4.78 is 5.29. The first-order valence-corrected chi connectivity index (χ1v) is 4.76.